The summed E-state index contributed by atoms with van der Waals surface area (Å²) in [4.78, 5) is 23.4. The number of β-lactam (4-membered cyclic amide) rings is 1. The van der Waals surface area contributed by atoms with Crippen LogP contribution in [0.4, 0.5) is 0 Å². The fourth-order valence-corrected chi connectivity index (χ4v) is 1.35. The summed E-state index contributed by atoms with van der Waals surface area (Å²) in [6.07, 6.45) is 0. The highest BCUT2D eigenvalue weighted by molar-refractivity contribution is 5.92. The van der Waals surface area contributed by atoms with Gasteiger partial charge in [-0.3, -0.25) is 9.59 Å². The maximum absolute atomic E-state index is 11.2. The van der Waals surface area contributed by atoms with Gasteiger partial charge in [0.15, 0.2) is 0 Å². The SMILES string of the molecule is CC(=O)CN1CC(C)(C)C1=O. The van der Waals surface area contributed by atoms with Gasteiger partial charge in [-0.15, -0.1) is 0 Å². The van der Waals surface area contributed by atoms with Gasteiger partial charge in [-0.25, -0.2) is 0 Å². The average molecular weight is 155 g/mol. The van der Waals surface area contributed by atoms with Crippen LogP contribution in [0.5, 0.6) is 0 Å². The molecule has 1 fully saturated rings. The summed E-state index contributed by atoms with van der Waals surface area (Å²) in [5, 5.41) is 0. The predicted molar refractivity (Wildman–Crippen MR) is 41.0 cm³/mol. The highest BCUT2D eigenvalue weighted by Crippen LogP contribution is 2.29. The summed E-state index contributed by atoms with van der Waals surface area (Å²) in [6, 6.07) is 0. The molecule has 1 aliphatic rings. The first-order valence-corrected chi connectivity index (χ1v) is 3.72. The Morgan fingerprint density at radius 3 is 2.45 bits per heavy atom. The molecule has 3 nitrogen and oxygen atoms in total. The van der Waals surface area contributed by atoms with E-state index in [0.29, 0.717) is 6.54 Å². The standard InChI is InChI=1S/C8H13NO2/c1-6(10)4-9-5-8(2,3)7(9)11/h4-5H2,1-3H3. The van der Waals surface area contributed by atoms with E-state index >= 15 is 0 Å². The zero-order valence-electron chi connectivity index (χ0n) is 7.18. The average Bonchev–Trinajstić information content (AvgIpc) is 1.85. The van der Waals surface area contributed by atoms with Crippen molar-refractivity contribution in [2.24, 2.45) is 5.41 Å². The molecule has 0 bridgehead atoms. The topological polar surface area (TPSA) is 37.4 Å². The molecular formula is C8H13NO2. The van der Waals surface area contributed by atoms with Crippen LogP contribution in [0, 0.1) is 5.41 Å². The molecule has 0 radical (unpaired) electrons. The molecule has 0 atom stereocenters. The molecule has 0 aromatic rings. The third-order valence-electron chi connectivity index (χ3n) is 1.87. The maximum atomic E-state index is 11.2. The van der Waals surface area contributed by atoms with Crippen LogP contribution >= 0.6 is 0 Å². The van der Waals surface area contributed by atoms with Crippen molar-refractivity contribution in [1.82, 2.24) is 4.90 Å². The summed E-state index contributed by atoms with van der Waals surface area (Å²) in [5.74, 6) is 0.140. The van der Waals surface area contributed by atoms with Gasteiger partial charge in [0.1, 0.15) is 5.78 Å². The van der Waals surface area contributed by atoms with E-state index in [2.05, 4.69) is 0 Å². The molecule has 1 saturated heterocycles. The molecule has 62 valence electrons. The van der Waals surface area contributed by atoms with E-state index in [4.69, 9.17) is 0 Å². The minimum atomic E-state index is -0.227. The van der Waals surface area contributed by atoms with Crippen molar-refractivity contribution < 1.29 is 9.59 Å². The summed E-state index contributed by atoms with van der Waals surface area (Å²) in [6.45, 7) is 6.28. The van der Waals surface area contributed by atoms with Crippen molar-refractivity contribution in [3.05, 3.63) is 0 Å². The van der Waals surface area contributed by atoms with E-state index in [0.717, 1.165) is 0 Å². The Labute approximate surface area is 66.4 Å². The lowest BCUT2D eigenvalue weighted by molar-refractivity contribution is -0.158. The number of hydrogen-bond donors (Lipinski definition) is 0. The number of nitrogens with zero attached hydrogens (tertiary/aromatic N) is 1. The van der Waals surface area contributed by atoms with Crippen LogP contribution in [-0.2, 0) is 9.59 Å². The molecule has 1 rings (SSSR count). The molecule has 0 unspecified atom stereocenters. The van der Waals surface area contributed by atoms with Gasteiger partial charge in [-0.05, 0) is 20.8 Å². The second-order valence-electron chi connectivity index (χ2n) is 3.75. The first-order valence-electron chi connectivity index (χ1n) is 3.72. The van der Waals surface area contributed by atoms with Crippen molar-refractivity contribution >= 4 is 11.7 Å². The first kappa shape index (κ1) is 8.24. The van der Waals surface area contributed by atoms with Crippen LogP contribution in [0.3, 0.4) is 0 Å². The molecule has 0 aromatic heterocycles. The molecule has 3 heteroatoms. The number of carbonyl (C=O) groups is 2. The van der Waals surface area contributed by atoms with Gasteiger partial charge in [0.05, 0.1) is 12.0 Å². The number of amides is 1. The second kappa shape index (κ2) is 2.32. The fraction of sp³-hybridized carbons (Fsp3) is 0.750. The molecule has 0 aromatic carbocycles. The van der Waals surface area contributed by atoms with Crippen LogP contribution < -0.4 is 0 Å². The lowest BCUT2D eigenvalue weighted by Crippen LogP contribution is -2.59. The van der Waals surface area contributed by atoms with Crippen LogP contribution in [0.2, 0.25) is 0 Å². The first-order chi connectivity index (χ1) is 4.93. The number of likely N-dealkylation sites (tertiary alicyclic amines) is 1. The Morgan fingerprint density at radius 2 is 2.18 bits per heavy atom. The second-order valence-corrected chi connectivity index (χ2v) is 3.75. The third kappa shape index (κ3) is 1.42. The number of hydrogen-bond acceptors (Lipinski definition) is 2. The van der Waals surface area contributed by atoms with E-state index in [1.807, 2.05) is 13.8 Å². The molecule has 1 aliphatic heterocycles. The smallest absolute Gasteiger partial charge is 0.230 e. The summed E-state index contributed by atoms with van der Waals surface area (Å²) < 4.78 is 0. The van der Waals surface area contributed by atoms with Gasteiger partial charge >= 0.3 is 0 Å². The van der Waals surface area contributed by atoms with Crippen LogP contribution in [0.1, 0.15) is 20.8 Å². The molecule has 0 aliphatic carbocycles. The van der Waals surface area contributed by atoms with E-state index < -0.39 is 0 Å². The van der Waals surface area contributed by atoms with E-state index in [-0.39, 0.29) is 23.7 Å². The molecular weight excluding hydrogens is 142 g/mol. The normalized spacial score (nSPS) is 21.4. The molecule has 0 N–H and O–H groups in total. The van der Waals surface area contributed by atoms with Crippen LogP contribution in [-0.4, -0.2) is 29.7 Å². The largest absolute Gasteiger partial charge is 0.334 e. The Morgan fingerprint density at radius 1 is 1.64 bits per heavy atom. The van der Waals surface area contributed by atoms with Gasteiger partial charge < -0.3 is 4.90 Å². The highest BCUT2D eigenvalue weighted by Gasteiger charge is 2.44. The predicted octanol–water partition coefficient (Wildman–Crippen LogP) is 0.444. The third-order valence-corrected chi connectivity index (χ3v) is 1.87. The Balaban J connectivity index is 2.46. The summed E-state index contributed by atoms with van der Waals surface area (Å²) in [5.41, 5.74) is -0.227. The monoisotopic (exact) mass is 155 g/mol. The van der Waals surface area contributed by atoms with Crippen molar-refractivity contribution in [2.45, 2.75) is 20.8 Å². The Kier molecular flexibility index (Phi) is 1.74. The van der Waals surface area contributed by atoms with Gasteiger partial charge in [-0.2, -0.15) is 0 Å². The molecule has 1 heterocycles. The maximum Gasteiger partial charge on any atom is 0.230 e. The fourth-order valence-electron chi connectivity index (χ4n) is 1.35. The number of Topliss-reactive ketones (excluding diaryl/α,β-unsaturated/α-hetero) is 1. The van der Waals surface area contributed by atoms with Gasteiger partial charge in [0.2, 0.25) is 5.91 Å². The highest BCUT2D eigenvalue weighted by atomic mass is 16.2. The lowest BCUT2D eigenvalue weighted by Gasteiger charge is -2.43. The van der Waals surface area contributed by atoms with E-state index in [1.54, 1.807) is 4.90 Å². The zero-order valence-corrected chi connectivity index (χ0v) is 7.18. The molecule has 11 heavy (non-hydrogen) atoms. The minimum absolute atomic E-state index is 0.0499. The quantitative estimate of drug-likeness (QED) is 0.543. The zero-order chi connectivity index (χ0) is 8.65. The number of carbonyl (C=O) groups excluding carboxylic acids is 2. The van der Waals surface area contributed by atoms with Gasteiger partial charge in [-0.1, -0.05) is 0 Å². The molecule has 0 spiro atoms. The number of rotatable bonds is 2. The molecule has 1 amide bonds. The van der Waals surface area contributed by atoms with Crippen molar-refractivity contribution in [3.8, 4) is 0 Å². The summed E-state index contributed by atoms with van der Waals surface area (Å²) in [7, 11) is 0. The van der Waals surface area contributed by atoms with Crippen molar-refractivity contribution in [1.29, 1.82) is 0 Å². The van der Waals surface area contributed by atoms with Crippen molar-refractivity contribution in [2.75, 3.05) is 13.1 Å². The van der Waals surface area contributed by atoms with Crippen molar-refractivity contribution in [3.63, 3.8) is 0 Å². The van der Waals surface area contributed by atoms with Gasteiger partial charge in [0.25, 0.3) is 0 Å². The number of ketones is 1. The van der Waals surface area contributed by atoms with Crippen LogP contribution in [0.25, 0.3) is 0 Å². The Hall–Kier alpha value is -0.860. The van der Waals surface area contributed by atoms with Crippen LogP contribution in [0.15, 0.2) is 0 Å². The summed E-state index contributed by atoms with van der Waals surface area (Å²) >= 11 is 0. The van der Waals surface area contributed by atoms with E-state index in [1.165, 1.54) is 6.92 Å². The van der Waals surface area contributed by atoms with Gasteiger partial charge in [0, 0.05) is 6.54 Å². The Bertz CT molecular complexity index is 208. The van der Waals surface area contributed by atoms with E-state index in [9.17, 15) is 9.59 Å². The minimum Gasteiger partial charge on any atom is -0.334 e. The lowest BCUT2D eigenvalue weighted by atomic mass is 9.83. The molecule has 0 saturated carbocycles.